The molecule has 116 valence electrons. The number of allylic oxidation sites excluding steroid dienone is 1. The number of nitrogens with zero attached hydrogens (tertiary/aromatic N) is 1. The highest BCUT2D eigenvalue weighted by Crippen LogP contribution is 2.39. The Morgan fingerprint density at radius 1 is 1.04 bits per heavy atom. The van der Waals surface area contributed by atoms with Gasteiger partial charge in [-0.05, 0) is 16.2 Å². The Hall–Kier alpha value is -2.88. The van der Waals surface area contributed by atoms with Gasteiger partial charge in [0.25, 0.3) is 0 Å². The smallest absolute Gasteiger partial charge is 0.246 e. The molecule has 3 aromatic carbocycles. The minimum absolute atomic E-state index is 0.170. The molecule has 3 aromatic rings. The minimum atomic E-state index is -0.330. The van der Waals surface area contributed by atoms with Gasteiger partial charge < -0.3 is 4.74 Å². The summed E-state index contributed by atoms with van der Waals surface area (Å²) in [5, 5.41) is 15.3. The Morgan fingerprint density at radius 2 is 1.57 bits per heavy atom. The first kappa shape index (κ1) is 15.0. The molecule has 0 bridgehead atoms. The summed E-state index contributed by atoms with van der Waals surface area (Å²) < 4.78 is 5.62. The van der Waals surface area contributed by atoms with Gasteiger partial charge in [0.05, 0.1) is 12.0 Å². The van der Waals surface area contributed by atoms with Gasteiger partial charge in [-0.3, -0.25) is 10.1 Å². The largest absolute Gasteiger partial charge is 0.495 e. The van der Waals surface area contributed by atoms with Crippen LogP contribution >= 0.6 is 0 Å². The van der Waals surface area contributed by atoms with Crippen molar-refractivity contribution in [1.82, 2.24) is 0 Å². The first-order valence-electron chi connectivity index (χ1n) is 7.49. The SMILES string of the molecule is CC/C(=C\c1c(OC)c2ccccc2c2ccccc12)[N+](=O)[O-]. The van der Waals surface area contributed by atoms with E-state index in [0.29, 0.717) is 12.2 Å². The molecule has 0 unspecified atom stereocenters. The number of rotatable bonds is 4. The number of methoxy groups -OCH3 is 1. The zero-order chi connectivity index (χ0) is 16.4. The Bertz CT molecular complexity index is 928. The molecule has 0 heterocycles. The first-order chi connectivity index (χ1) is 11.2. The van der Waals surface area contributed by atoms with Crippen molar-refractivity contribution in [2.75, 3.05) is 7.11 Å². The van der Waals surface area contributed by atoms with Crippen molar-refractivity contribution in [3.8, 4) is 5.75 Å². The summed E-state index contributed by atoms with van der Waals surface area (Å²) in [5.41, 5.74) is 0.930. The van der Waals surface area contributed by atoms with Crippen molar-refractivity contribution >= 4 is 27.6 Å². The van der Waals surface area contributed by atoms with E-state index in [1.54, 1.807) is 20.1 Å². The Labute approximate surface area is 134 Å². The van der Waals surface area contributed by atoms with Crippen LogP contribution in [0.2, 0.25) is 0 Å². The zero-order valence-corrected chi connectivity index (χ0v) is 13.1. The highest BCUT2D eigenvalue weighted by Gasteiger charge is 2.16. The maximum atomic E-state index is 11.2. The summed E-state index contributed by atoms with van der Waals surface area (Å²) in [6, 6.07) is 15.9. The number of ether oxygens (including phenoxy) is 1. The zero-order valence-electron chi connectivity index (χ0n) is 13.1. The van der Waals surface area contributed by atoms with Gasteiger partial charge in [0.15, 0.2) is 0 Å². The molecular weight excluding hydrogens is 290 g/mol. The third kappa shape index (κ3) is 2.52. The molecule has 0 radical (unpaired) electrons. The maximum Gasteiger partial charge on any atom is 0.246 e. The predicted octanol–water partition coefficient (Wildman–Crippen LogP) is 5.03. The normalized spacial score (nSPS) is 11.8. The summed E-state index contributed by atoms with van der Waals surface area (Å²) in [6.07, 6.45) is 1.99. The topological polar surface area (TPSA) is 52.4 Å². The van der Waals surface area contributed by atoms with Gasteiger partial charge in [0.1, 0.15) is 5.75 Å². The van der Waals surface area contributed by atoms with Crippen LogP contribution in [0.15, 0.2) is 54.2 Å². The Morgan fingerprint density at radius 3 is 2.09 bits per heavy atom. The Balaban J connectivity index is 2.49. The van der Waals surface area contributed by atoms with Gasteiger partial charge in [-0.1, -0.05) is 55.5 Å². The van der Waals surface area contributed by atoms with Crippen molar-refractivity contribution in [3.63, 3.8) is 0 Å². The molecule has 23 heavy (non-hydrogen) atoms. The highest BCUT2D eigenvalue weighted by atomic mass is 16.6. The summed E-state index contributed by atoms with van der Waals surface area (Å²) in [6.45, 7) is 1.78. The summed E-state index contributed by atoms with van der Waals surface area (Å²) in [4.78, 5) is 10.9. The van der Waals surface area contributed by atoms with E-state index < -0.39 is 0 Å². The van der Waals surface area contributed by atoms with Crippen LogP contribution in [0.4, 0.5) is 0 Å². The number of hydrogen-bond acceptors (Lipinski definition) is 3. The number of nitro groups is 1. The molecule has 0 atom stereocenters. The second-order valence-electron chi connectivity index (χ2n) is 5.28. The van der Waals surface area contributed by atoms with Crippen LogP contribution in [0.5, 0.6) is 5.75 Å². The number of benzene rings is 3. The van der Waals surface area contributed by atoms with E-state index >= 15 is 0 Å². The van der Waals surface area contributed by atoms with E-state index in [9.17, 15) is 10.1 Å². The van der Waals surface area contributed by atoms with Crippen molar-refractivity contribution in [2.24, 2.45) is 0 Å². The van der Waals surface area contributed by atoms with E-state index in [1.165, 1.54) is 0 Å². The fourth-order valence-electron chi connectivity index (χ4n) is 2.95. The first-order valence-corrected chi connectivity index (χ1v) is 7.49. The van der Waals surface area contributed by atoms with E-state index in [1.807, 2.05) is 48.5 Å². The molecule has 4 heteroatoms. The second kappa shape index (κ2) is 6.08. The molecule has 0 fully saturated rings. The van der Waals surface area contributed by atoms with Gasteiger partial charge in [-0.25, -0.2) is 0 Å². The average Bonchev–Trinajstić information content (AvgIpc) is 2.59. The van der Waals surface area contributed by atoms with Gasteiger partial charge in [-0.15, -0.1) is 0 Å². The molecule has 0 aliphatic rings. The van der Waals surface area contributed by atoms with Crippen LogP contribution in [-0.2, 0) is 0 Å². The summed E-state index contributed by atoms with van der Waals surface area (Å²) >= 11 is 0. The predicted molar refractivity (Wildman–Crippen MR) is 93.3 cm³/mol. The van der Waals surface area contributed by atoms with E-state index in [0.717, 1.165) is 27.1 Å². The van der Waals surface area contributed by atoms with Crippen molar-refractivity contribution in [2.45, 2.75) is 13.3 Å². The van der Waals surface area contributed by atoms with Crippen LogP contribution in [-0.4, -0.2) is 12.0 Å². The molecule has 0 saturated heterocycles. The molecule has 0 aliphatic heterocycles. The molecule has 3 rings (SSSR count). The van der Waals surface area contributed by atoms with Gasteiger partial charge in [0.2, 0.25) is 5.70 Å². The lowest BCUT2D eigenvalue weighted by Gasteiger charge is -2.14. The van der Waals surface area contributed by atoms with E-state index in [-0.39, 0.29) is 10.6 Å². The lowest BCUT2D eigenvalue weighted by molar-refractivity contribution is -0.425. The molecule has 0 N–H and O–H groups in total. The minimum Gasteiger partial charge on any atom is -0.495 e. The molecular formula is C19H17NO3. The number of hydrogen-bond donors (Lipinski definition) is 0. The molecule has 0 spiro atoms. The van der Waals surface area contributed by atoms with Crippen LogP contribution in [0.25, 0.3) is 27.6 Å². The molecule has 0 aliphatic carbocycles. The van der Waals surface area contributed by atoms with Gasteiger partial charge in [0, 0.05) is 23.4 Å². The van der Waals surface area contributed by atoms with Crippen LogP contribution in [0.3, 0.4) is 0 Å². The third-order valence-electron chi connectivity index (χ3n) is 4.04. The lowest BCUT2D eigenvalue weighted by atomic mass is 9.95. The fourth-order valence-corrected chi connectivity index (χ4v) is 2.95. The number of fused-ring (bicyclic) bond motifs is 3. The lowest BCUT2D eigenvalue weighted by Crippen LogP contribution is -1.98. The van der Waals surface area contributed by atoms with Crippen LogP contribution < -0.4 is 4.74 Å². The quantitative estimate of drug-likeness (QED) is 0.386. The van der Waals surface area contributed by atoms with Crippen molar-refractivity contribution in [3.05, 3.63) is 69.9 Å². The van der Waals surface area contributed by atoms with Crippen LogP contribution in [0, 0.1) is 10.1 Å². The average molecular weight is 307 g/mol. The van der Waals surface area contributed by atoms with Crippen LogP contribution in [0.1, 0.15) is 18.9 Å². The van der Waals surface area contributed by atoms with Gasteiger partial charge >= 0.3 is 0 Å². The molecule has 0 aromatic heterocycles. The van der Waals surface area contributed by atoms with Crippen molar-refractivity contribution < 1.29 is 9.66 Å². The summed E-state index contributed by atoms with van der Waals surface area (Å²) in [5.74, 6) is 0.673. The maximum absolute atomic E-state index is 11.2. The monoisotopic (exact) mass is 307 g/mol. The third-order valence-corrected chi connectivity index (χ3v) is 4.04. The second-order valence-corrected chi connectivity index (χ2v) is 5.28. The highest BCUT2D eigenvalue weighted by molar-refractivity contribution is 6.14. The van der Waals surface area contributed by atoms with Gasteiger partial charge in [-0.2, -0.15) is 0 Å². The van der Waals surface area contributed by atoms with E-state index in [4.69, 9.17) is 4.74 Å². The van der Waals surface area contributed by atoms with E-state index in [2.05, 4.69) is 0 Å². The fraction of sp³-hybridized carbons (Fsp3) is 0.158. The standard InChI is InChI=1S/C19H17NO3/c1-3-13(20(21)22)12-18-16-10-5-4-8-14(16)15-9-6-7-11-17(15)19(18)23-2/h4-12H,3H2,1-2H3/b13-12+. The molecule has 4 nitrogen and oxygen atoms in total. The molecule has 0 amide bonds. The Kier molecular flexibility index (Phi) is 3.98. The summed E-state index contributed by atoms with van der Waals surface area (Å²) in [7, 11) is 1.60. The molecule has 0 saturated carbocycles. The van der Waals surface area contributed by atoms with Crippen molar-refractivity contribution in [1.29, 1.82) is 0 Å².